The Morgan fingerprint density at radius 2 is 2.27 bits per heavy atom. The maximum Gasteiger partial charge on any atom is 0.122 e. The predicted octanol–water partition coefficient (Wildman–Crippen LogP) is 2.86. The summed E-state index contributed by atoms with van der Waals surface area (Å²) >= 11 is 0. The molecule has 3 atom stereocenters. The van der Waals surface area contributed by atoms with E-state index in [-0.39, 0.29) is 6.10 Å². The summed E-state index contributed by atoms with van der Waals surface area (Å²) in [5, 5.41) is 0. The topological polar surface area (TPSA) is 35.5 Å². The highest BCUT2D eigenvalue weighted by molar-refractivity contribution is 5.49. The normalized spacial score (nSPS) is 30.9. The van der Waals surface area contributed by atoms with Crippen LogP contribution in [0.2, 0.25) is 0 Å². The first-order valence-electron chi connectivity index (χ1n) is 5.64. The number of aldehydes is 1. The van der Waals surface area contributed by atoms with E-state index in [4.69, 9.17) is 9.78 Å². The molecule has 1 aliphatic carbocycles. The van der Waals surface area contributed by atoms with Gasteiger partial charge in [-0.3, -0.25) is 0 Å². The highest BCUT2D eigenvalue weighted by atomic mass is 17.2. The molecule has 0 aromatic heterocycles. The van der Waals surface area contributed by atoms with Crippen LogP contribution < -0.4 is 0 Å². The Morgan fingerprint density at radius 1 is 1.47 bits per heavy atom. The zero-order valence-electron chi connectivity index (χ0n) is 9.35. The van der Waals surface area contributed by atoms with Crippen LogP contribution in [0.3, 0.4) is 0 Å². The minimum atomic E-state index is 0.117. The van der Waals surface area contributed by atoms with Gasteiger partial charge in [0.15, 0.2) is 0 Å². The van der Waals surface area contributed by atoms with Crippen LogP contribution in [0, 0.1) is 11.8 Å². The second-order valence-electron chi connectivity index (χ2n) is 4.32. The average Bonchev–Trinajstić information content (AvgIpc) is 2.25. The second-order valence-corrected chi connectivity index (χ2v) is 4.32. The van der Waals surface area contributed by atoms with Crippen LogP contribution in [0.5, 0.6) is 0 Å². The lowest BCUT2D eigenvalue weighted by Crippen LogP contribution is -2.30. The van der Waals surface area contributed by atoms with E-state index in [9.17, 15) is 4.79 Å². The van der Waals surface area contributed by atoms with Gasteiger partial charge in [-0.2, -0.15) is 4.89 Å². The molecule has 0 radical (unpaired) electrons. The molecule has 3 heteroatoms. The van der Waals surface area contributed by atoms with Gasteiger partial charge in [0, 0.05) is 6.42 Å². The Bertz CT molecular complexity index is 203. The molecular formula is C12H20O3. The maximum absolute atomic E-state index is 10.3. The van der Waals surface area contributed by atoms with Gasteiger partial charge in [-0.1, -0.05) is 19.9 Å². The Morgan fingerprint density at radius 3 is 2.93 bits per heavy atom. The lowest BCUT2D eigenvalue weighted by molar-refractivity contribution is -0.301. The van der Waals surface area contributed by atoms with E-state index in [1.165, 1.54) is 12.7 Å². The van der Waals surface area contributed by atoms with Crippen LogP contribution in [-0.2, 0) is 14.6 Å². The molecule has 0 spiro atoms. The quantitative estimate of drug-likeness (QED) is 0.294. The predicted molar refractivity (Wildman–Crippen MR) is 58.0 cm³/mol. The first-order valence-corrected chi connectivity index (χ1v) is 5.64. The summed E-state index contributed by atoms with van der Waals surface area (Å²) in [4.78, 5) is 20.4. The third kappa shape index (κ3) is 4.04. The summed E-state index contributed by atoms with van der Waals surface area (Å²) in [5.41, 5.74) is 0. The lowest BCUT2D eigenvalue weighted by Gasteiger charge is -2.32. The fourth-order valence-electron chi connectivity index (χ4n) is 2.23. The molecule has 86 valence electrons. The molecule has 3 unspecified atom stereocenters. The van der Waals surface area contributed by atoms with Crippen molar-refractivity contribution in [1.82, 2.24) is 0 Å². The van der Waals surface area contributed by atoms with Gasteiger partial charge >= 0.3 is 0 Å². The van der Waals surface area contributed by atoms with Crippen LogP contribution in [0.1, 0.15) is 39.0 Å². The average molecular weight is 212 g/mol. The van der Waals surface area contributed by atoms with E-state index in [0.717, 1.165) is 25.5 Å². The van der Waals surface area contributed by atoms with Crippen LogP contribution in [0.25, 0.3) is 0 Å². The van der Waals surface area contributed by atoms with Gasteiger partial charge in [0.25, 0.3) is 0 Å². The Kier molecular flexibility index (Phi) is 5.40. The number of hydrogen-bond acceptors (Lipinski definition) is 3. The standard InChI is InChI=1S/C12H20O3/c1-3-14-15-12-9-10(2)6-7-11(12)5-4-8-13/h3,8,10-12H,1,4-7,9H2,2H3. The van der Waals surface area contributed by atoms with Gasteiger partial charge < -0.3 is 9.68 Å². The van der Waals surface area contributed by atoms with E-state index < -0.39 is 0 Å². The highest BCUT2D eigenvalue weighted by Gasteiger charge is 2.30. The number of carbonyl (C=O) groups excluding carboxylic acids is 1. The van der Waals surface area contributed by atoms with Gasteiger partial charge in [0.05, 0.1) is 0 Å². The molecule has 0 heterocycles. The first-order chi connectivity index (χ1) is 7.27. The fraction of sp³-hybridized carbons (Fsp3) is 0.750. The largest absolute Gasteiger partial charge is 0.346 e. The van der Waals surface area contributed by atoms with Crippen molar-refractivity contribution in [3.05, 3.63) is 12.8 Å². The van der Waals surface area contributed by atoms with Crippen molar-refractivity contribution in [2.75, 3.05) is 0 Å². The van der Waals surface area contributed by atoms with E-state index >= 15 is 0 Å². The molecule has 0 saturated heterocycles. The van der Waals surface area contributed by atoms with Crippen LogP contribution in [-0.4, -0.2) is 12.4 Å². The molecule has 1 aliphatic rings. The van der Waals surface area contributed by atoms with Gasteiger partial charge in [-0.05, 0) is 31.1 Å². The van der Waals surface area contributed by atoms with Crippen molar-refractivity contribution in [3.8, 4) is 0 Å². The third-order valence-electron chi connectivity index (χ3n) is 3.09. The molecule has 1 saturated carbocycles. The van der Waals surface area contributed by atoms with Gasteiger partial charge in [0.2, 0.25) is 0 Å². The Labute approximate surface area is 91.4 Å². The molecule has 0 aromatic carbocycles. The smallest absolute Gasteiger partial charge is 0.122 e. The fourth-order valence-corrected chi connectivity index (χ4v) is 2.23. The minimum absolute atomic E-state index is 0.117. The van der Waals surface area contributed by atoms with Gasteiger partial charge in [-0.25, -0.2) is 0 Å². The highest BCUT2D eigenvalue weighted by Crippen LogP contribution is 2.33. The lowest BCUT2D eigenvalue weighted by atomic mass is 9.79. The molecule has 0 aromatic rings. The van der Waals surface area contributed by atoms with Crippen molar-refractivity contribution < 1.29 is 14.6 Å². The van der Waals surface area contributed by atoms with Crippen LogP contribution >= 0.6 is 0 Å². The molecule has 3 nitrogen and oxygen atoms in total. The number of rotatable bonds is 6. The zero-order valence-corrected chi connectivity index (χ0v) is 9.35. The minimum Gasteiger partial charge on any atom is -0.346 e. The summed E-state index contributed by atoms with van der Waals surface area (Å²) in [6.45, 7) is 5.67. The van der Waals surface area contributed by atoms with Crippen LogP contribution in [0.4, 0.5) is 0 Å². The molecule has 1 rings (SSSR count). The Balaban J connectivity index is 2.41. The van der Waals surface area contributed by atoms with Crippen molar-refractivity contribution in [1.29, 1.82) is 0 Å². The summed E-state index contributed by atoms with van der Waals surface area (Å²) < 4.78 is 0. The molecule has 0 N–H and O–H groups in total. The summed E-state index contributed by atoms with van der Waals surface area (Å²) in [6, 6.07) is 0. The molecule has 0 amide bonds. The van der Waals surface area contributed by atoms with Gasteiger partial charge in [-0.15, -0.1) is 0 Å². The second kappa shape index (κ2) is 6.62. The molecule has 0 aliphatic heterocycles. The first kappa shape index (κ1) is 12.2. The van der Waals surface area contributed by atoms with Gasteiger partial charge in [0.1, 0.15) is 18.7 Å². The SMILES string of the molecule is C=COOC1CC(C)CCC1CCC=O. The third-order valence-corrected chi connectivity index (χ3v) is 3.09. The Hall–Kier alpha value is -0.830. The summed E-state index contributed by atoms with van der Waals surface area (Å²) in [6.07, 6.45) is 7.27. The van der Waals surface area contributed by atoms with E-state index in [1.54, 1.807) is 0 Å². The summed E-state index contributed by atoms with van der Waals surface area (Å²) in [7, 11) is 0. The van der Waals surface area contributed by atoms with Crippen molar-refractivity contribution in [2.24, 2.45) is 11.8 Å². The number of hydrogen-bond donors (Lipinski definition) is 0. The van der Waals surface area contributed by atoms with Crippen molar-refractivity contribution >= 4 is 6.29 Å². The molecule has 15 heavy (non-hydrogen) atoms. The van der Waals surface area contributed by atoms with Crippen molar-refractivity contribution in [2.45, 2.75) is 45.1 Å². The van der Waals surface area contributed by atoms with E-state index in [2.05, 4.69) is 13.5 Å². The van der Waals surface area contributed by atoms with E-state index in [0.29, 0.717) is 18.3 Å². The van der Waals surface area contributed by atoms with Crippen LogP contribution in [0.15, 0.2) is 12.8 Å². The van der Waals surface area contributed by atoms with E-state index in [1.807, 2.05) is 0 Å². The molecule has 1 fully saturated rings. The monoisotopic (exact) mass is 212 g/mol. The molecule has 0 bridgehead atoms. The molecular weight excluding hydrogens is 192 g/mol. The zero-order chi connectivity index (χ0) is 11.1. The number of carbonyl (C=O) groups is 1. The van der Waals surface area contributed by atoms with Crippen molar-refractivity contribution in [3.63, 3.8) is 0 Å². The summed E-state index contributed by atoms with van der Waals surface area (Å²) in [5.74, 6) is 1.13. The maximum atomic E-state index is 10.3.